The van der Waals surface area contributed by atoms with Crippen molar-refractivity contribution in [2.75, 3.05) is 38.2 Å². The van der Waals surface area contributed by atoms with Crippen LogP contribution in [0.15, 0.2) is 0 Å². The van der Waals surface area contributed by atoms with Crippen molar-refractivity contribution in [1.29, 1.82) is 0 Å². The monoisotopic (exact) mass is 353 g/mol. The minimum Gasteiger partial charge on any atom is -0.353 e. The summed E-state index contributed by atoms with van der Waals surface area (Å²) in [4.78, 5) is 29.0. The molecule has 2 amide bonds. The fourth-order valence-electron chi connectivity index (χ4n) is 3.93. The molecule has 3 aliphatic rings. The second kappa shape index (κ2) is 8.56. The van der Waals surface area contributed by atoms with Gasteiger partial charge in [0, 0.05) is 43.9 Å². The van der Waals surface area contributed by atoms with Crippen LogP contribution < -0.4 is 5.32 Å². The second-order valence-electron chi connectivity index (χ2n) is 7.47. The van der Waals surface area contributed by atoms with E-state index in [1.807, 2.05) is 11.2 Å². The van der Waals surface area contributed by atoms with E-state index in [0.717, 1.165) is 70.5 Å². The van der Waals surface area contributed by atoms with Gasteiger partial charge in [-0.3, -0.25) is 14.5 Å². The number of nitrogens with zero attached hydrogens (tertiary/aromatic N) is 2. The highest BCUT2D eigenvalue weighted by molar-refractivity contribution is 7.98. The average Bonchev–Trinajstić information content (AvgIpc) is 3.44. The zero-order valence-electron chi connectivity index (χ0n) is 14.8. The first-order chi connectivity index (χ1) is 11.7. The standard InChI is InChI=1S/C18H31N3O2S/c1-24-12-8-17(22)20-10-6-16(7-11-20)21-9-2-3-14(13-21)18(23)19-15-4-5-15/h14-16H,2-13H2,1H3,(H,19,23). The molecule has 1 saturated carbocycles. The summed E-state index contributed by atoms with van der Waals surface area (Å²) in [7, 11) is 0. The molecule has 136 valence electrons. The maximum absolute atomic E-state index is 12.3. The fraction of sp³-hybridized carbons (Fsp3) is 0.889. The van der Waals surface area contributed by atoms with Crippen LogP contribution in [0.2, 0.25) is 0 Å². The molecular formula is C18H31N3O2S. The van der Waals surface area contributed by atoms with Crippen molar-refractivity contribution in [3.8, 4) is 0 Å². The minimum atomic E-state index is 0.167. The summed E-state index contributed by atoms with van der Waals surface area (Å²) in [5.41, 5.74) is 0. The Balaban J connectivity index is 1.43. The number of carbonyl (C=O) groups is 2. The van der Waals surface area contributed by atoms with Gasteiger partial charge in [-0.25, -0.2) is 0 Å². The topological polar surface area (TPSA) is 52.7 Å². The molecule has 0 radical (unpaired) electrons. The lowest BCUT2D eigenvalue weighted by atomic mass is 9.93. The Morgan fingerprint density at radius 3 is 2.50 bits per heavy atom. The molecule has 1 aliphatic carbocycles. The molecule has 0 aromatic rings. The van der Waals surface area contributed by atoms with Crippen molar-refractivity contribution in [3.05, 3.63) is 0 Å². The van der Waals surface area contributed by atoms with Crippen LogP contribution in [0.5, 0.6) is 0 Å². The van der Waals surface area contributed by atoms with Crippen LogP contribution in [-0.4, -0.2) is 71.9 Å². The van der Waals surface area contributed by atoms with Gasteiger partial charge in [-0.2, -0.15) is 11.8 Å². The molecule has 6 heteroatoms. The predicted molar refractivity (Wildman–Crippen MR) is 98.1 cm³/mol. The third-order valence-corrected chi connectivity index (χ3v) is 6.21. The van der Waals surface area contributed by atoms with Gasteiger partial charge in [0.05, 0.1) is 5.92 Å². The highest BCUT2D eigenvalue weighted by atomic mass is 32.2. The molecule has 3 rings (SSSR count). The molecule has 24 heavy (non-hydrogen) atoms. The smallest absolute Gasteiger partial charge is 0.224 e. The molecule has 2 aliphatic heterocycles. The largest absolute Gasteiger partial charge is 0.353 e. The number of likely N-dealkylation sites (tertiary alicyclic amines) is 2. The van der Waals surface area contributed by atoms with E-state index in [1.165, 1.54) is 0 Å². The molecule has 0 aromatic carbocycles. The van der Waals surface area contributed by atoms with E-state index in [2.05, 4.69) is 10.2 Å². The maximum Gasteiger partial charge on any atom is 0.224 e. The first-order valence-corrected chi connectivity index (χ1v) is 10.9. The number of amides is 2. The normalized spacial score (nSPS) is 26.4. The maximum atomic E-state index is 12.3. The summed E-state index contributed by atoms with van der Waals surface area (Å²) < 4.78 is 0. The molecule has 1 N–H and O–H groups in total. The van der Waals surface area contributed by atoms with Crippen LogP contribution in [-0.2, 0) is 9.59 Å². The molecule has 3 fully saturated rings. The predicted octanol–water partition coefficient (Wildman–Crippen LogP) is 1.72. The zero-order chi connectivity index (χ0) is 16.9. The number of piperidine rings is 2. The van der Waals surface area contributed by atoms with Gasteiger partial charge in [-0.05, 0) is 51.3 Å². The van der Waals surface area contributed by atoms with Gasteiger partial charge in [-0.1, -0.05) is 0 Å². The highest BCUT2D eigenvalue weighted by Crippen LogP contribution is 2.26. The molecule has 2 saturated heterocycles. The molecule has 0 bridgehead atoms. The number of thioether (sulfide) groups is 1. The minimum absolute atomic E-state index is 0.167. The first-order valence-electron chi connectivity index (χ1n) is 9.48. The van der Waals surface area contributed by atoms with Crippen molar-refractivity contribution in [2.45, 2.75) is 57.0 Å². The van der Waals surface area contributed by atoms with Gasteiger partial charge in [0.2, 0.25) is 11.8 Å². The molecular weight excluding hydrogens is 322 g/mol. The lowest BCUT2D eigenvalue weighted by Crippen LogP contribution is -2.51. The lowest BCUT2D eigenvalue weighted by molar-refractivity contribution is -0.132. The lowest BCUT2D eigenvalue weighted by Gasteiger charge is -2.42. The quantitative estimate of drug-likeness (QED) is 0.790. The summed E-state index contributed by atoms with van der Waals surface area (Å²) in [6.45, 7) is 3.78. The Morgan fingerprint density at radius 1 is 1.08 bits per heavy atom. The fourth-order valence-corrected chi connectivity index (χ4v) is 4.31. The van der Waals surface area contributed by atoms with E-state index >= 15 is 0 Å². The van der Waals surface area contributed by atoms with E-state index in [1.54, 1.807) is 11.8 Å². The summed E-state index contributed by atoms with van der Waals surface area (Å²) in [5, 5.41) is 3.17. The Bertz CT molecular complexity index is 448. The summed E-state index contributed by atoms with van der Waals surface area (Å²) in [6, 6.07) is 1.01. The van der Waals surface area contributed by atoms with Crippen molar-refractivity contribution in [2.24, 2.45) is 5.92 Å². The molecule has 2 heterocycles. The van der Waals surface area contributed by atoms with Crippen LogP contribution >= 0.6 is 11.8 Å². The van der Waals surface area contributed by atoms with Gasteiger partial charge in [0.1, 0.15) is 0 Å². The molecule has 0 spiro atoms. The number of nitrogens with one attached hydrogen (secondary N) is 1. The van der Waals surface area contributed by atoms with Crippen molar-refractivity contribution in [1.82, 2.24) is 15.1 Å². The van der Waals surface area contributed by atoms with E-state index < -0.39 is 0 Å². The molecule has 0 aromatic heterocycles. The number of hydrogen-bond acceptors (Lipinski definition) is 4. The third-order valence-electron chi connectivity index (χ3n) is 5.60. The van der Waals surface area contributed by atoms with Crippen LogP contribution in [0.25, 0.3) is 0 Å². The first kappa shape index (κ1) is 18.1. The Kier molecular flexibility index (Phi) is 6.44. The van der Waals surface area contributed by atoms with Crippen molar-refractivity contribution in [3.63, 3.8) is 0 Å². The van der Waals surface area contributed by atoms with Gasteiger partial charge < -0.3 is 10.2 Å². The van der Waals surface area contributed by atoms with Gasteiger partial charge in [0.25, 0.3) is 0 Å². The Hall–Kier alpha value is -0.750. The third kappa shape index (κ3) is 4.88. The highest BCUT2D eigenvalue weighted by Gasteiger charge is 2.34. The van der Waals surface area contributed by atoms with E-state index in [4.69, 9.17) is 0 Å². The Morgan fingerprint density at radius 2 is 1.83 bits per heavy atom. The van der Waals surface area contributed by atoms with Gasteiger partial charge in [0.15, 0.2) is 0 Å². The van der Waals surface area contributed by atoms with Crippen LogP contribution in [0.3, 0.4) is 0 Å². The van der Waals surface area contributed by atoms with Crippen LogP contribution in [0, 0.1) is 5.92 Å². The number of hydrogen-bond donors (Lipinski definition) is 1. The van der Waals surface area contributed by atoms with Crippen molar-refractivity contribution >= 4 is 23.6 Å². The SMILES string of the molecule is CSCCC(=O)N1CCC(N2CCCC(C(=O)NC3CC3)C2)CC1. The number of rotatable bonds is 6. The molecule has 1 unspecified atom stereocenters. The Labute approximate surface area is 149 Å². The van der Waals surface area contributed by atoms with Crippen molar-refractivity contribution < 1.29 is 9.59 Å². The van der Waals surface area contributed by atoms with Gasteiger partial charge >= 0.3 is 0 Å². The summed E-state index contributed by atoms with van der Waals surface area (Å²) >= 11 is 1.74. The zero-order valence-corrected chi connectivity index (χ0v) is 15.7. The van der Waals surface area contributed by atoms with E-state index in [0.29, 0.717) is 24.4 Å². The van der Waals surface area contributed by atoms with E-state index in [-0.39, 0.29) is 11.8 Å². The van der Waals surface area contributed by atoms with Crippen LogP contribution in [0.4, 0.5) is 0 Å². The average molecular weight is 354 g/mol. The van der Waals surface area contributed by atoms with Gasteiger partial charge in [-0.15, -0.1) is 0 Å². The second-order valence-corrected chi connectivity index (χ2v) is 8.46. The number of carbonyl (C=O) groups excluding carboxylic acids is 2. The summed E-state index contributed by atoms with van der Waals surface area (Å²) in [6.07, 6.45) is 9.29. The van der Waals surface area contributed by atoms with E-state index in [9.17, 15) is 9.59 Å². The molecule has 1 atom stereocenters. The van der Waals surface area contributed by atoms with Crippen LogP contribution in [0.1, 0.15) is 44.9 Å². The summed E-state index contributed by atoms with van der Waals surface area (Å²) in [5.74, 6) is 1.67. The molecule has 5 nitrogen and oxygen atoms in total.